The van der Waals surface area contributed by atoms with E-state index in [4.69, 9.17) is 4.74 Å². The van der Waals surface area contributed by atoms with Crippen molar-refractivity contribution in [1.82, 2.24) is 25.0 Å². The molecule has 1 atom stereocenters. The molecule has 2 saturated heterocycles. The third-order valence-electron chi connectivity index (χ3n) is 3.98. The maximum atomic E-state index is 12.2. The summed E-state index contributed by atoms with van der Waals surface area (Å²) in [7, 11) is 0. The highest BCUT2D eigenvalue weighted by Crippen LogP contribution is 2.15. The zero-order chi connectivity index (χ0) is 13.8. The Morgan fingerprint density at radius 3 is 3.05 bits per heavy atom. The van der Waals surface area contributed by atoms with Gasteiger partial charge < -0.3 is 9.64 Å². The van der Waals surface area contributed by atoms with E-state index in [9.17, 15) is 4.79 Å². The van der Waals surface area contributed by atoms with Crippen LogP contribution in [0.4, 0.5) is 0 Å². The minimum Gasteiger partial charge on any atom is -0.377 e. The molecule has 0 saturated carbocycles. The molecule has 0 aromatic carbocycles. The standard InChI is InChI=1S/C13H21N5O2/c19-13(12-14-10-15-16-12)18-5-2-4-17(6-7-18)9-11-3-1-8-20-11/h10-11H,1-9H2,(H,14,15,16). The van der Waals surface area contributed by atoms with Crippen LogP contribution in [0.1, 0.15) is 29.9 Å². The van der Waals surface area contributed by atoms with Crippen LogP contribution in [-0.2, 0) is 4.74 Å². The minimum atomic E-state index is -0.0542. The highest BCUT2D eigenvalue weighted by atomic mass is 16.5. The Morgan fingerprint density at radius 2 is 2.30 bits per heavy atom. The molecule has 0 aliphatic carbocycles. The van der Waals surface area contributed by atoms with E-state index >= 15 is 0 Å². The van der Waals surface area contributed by atoms with E-state index in [-0.39, 0.29) is 5.91 Å². The summed E-state index contributed by atoms with van der Waals surface area (Å²) in [6, 6.07) is 0. The number of ether oxygens (including phenoxy) is 1. The van der Waals surface area contributed by atoms with E-state index < -0.39 is 0 Å². The minimum absolute atomic E-state index is 0.0542. The molecule has 7 heteroatoms. The Labute approximate surface area is 118 Å². The molecule has 2 aliphatic rings. The second-order valence-corrected chi connectivity index (χ2v) is 5.42. The first kappa shape index (κ1) is 13.5. The summed E-state index contributed by atoms with van der Waals surface area (Å²) in [5.41, 5.74) is 0. The first-order valence-corrected chi connectivity index (χ1v) is 7.31. The zero-order valence-corrected chi connectivity index (χ0v) is 11.6. The Balaban J connectivity index is 1.52. The molecule has 1 N–H and O–H groups in total. The summed E-state index contributed by atoms with van der Waals surface area (Å²) in [6.45, 7) is 5.34. The maximum Gasteiger partial charge on any atom is 0.291 e. The van der Waals surface area contributed by atoms with Gasteiger partial charge in [-0.25, -0.2) is 4.98 Å². The molecular weight excluding hydrogens is 258 g/mol. The van der Waals surface area contributed by atoms with Gasteiger partial charge in [0.1, 0.15) is 6.33 Å². The van der Waals surface area contributed by atoms with Crippen LogP contribution in [0.15, 0.2) is 6.33 Å². The molecule has 3 rings (SSSR count). The number of hydrogen-bond acceptors (Lipinski definition) is 5. The SMILES string of the molecule is O=C(c1ncn[nH]1)N1CCCN(CC2CCCO2)CC1. The van der Waals surface area contributed by atoms with Crippen molar-refractivity contribution in [2.24, 2.45) is 0 Å². The maximum absolute atomic E-state index is 12.2. The summed E-state index contributed by atoms with van der Waals surface area (Å²) >= 11 is 0. The predicted molar refractivity (Wildman–Crippen MR) is 72.3 cm³/mol. The first-order valence-electron chi connectivity index (χ1n) is 7.31. The highest BCUT2D eigenvalue weighted by Gasteiger charge is 2.24. The van der Waals surface area contributed by atoms with Crippen molar-refractivity contribution in [3.8, 4) is 0 Å². The first-order chi connectivity index (χ1) is 9.83. The summed E-state index contributed by atoms with van der Waals surface area (Å²) < 4.78 is 5.68. The molecule has 3 heterocycles. The van der Waals surface area contributed by atoms with Gasteiger partial charge in [0, 0.05) is 32.8 Å². The van der Waals surface area contributed by atoms with Gasteiger partial charge in [0.15, 0.2) is 0 Å². The van der Waals surface area contributed by atoms with Gasteiger partial charge in [-0.05, 0) is 25.8 Å². The largest absolute Gasteiger partial charge is 0.377 e. The lowest BCUT2D eigenvalue weighted by Crippen LogP contribution is -2.37. The van der Waals surface area contributed by atoms with Crippen LogP contribution >= 0.6 is 0 Å². The fourth-order valence-corrected chi connectivity index (χ4v) is 2.89. The highest BCUT2D eigenvalue weighted by molar-refractivity contribution is 5.90. The van der Waals surface area contributed by atoms with Crippen LogP contribution in [0, 0.1) is 0 Å². The number of amides is 1. The van der Waals surface area contributed by atoms with E-state index in [1.165, 1.54) is 12.7 Å². The molecule has 1 aromatic rings. The van der Waals surface area contributed by atoms with Gasteiger partial charge in [0.2, 0.25) is 5.82 Å². The van der Waals surface area contributed by atoms with Gasteiger partial charge >= 0.3 is 0 Å². The van der Waals surface area contributed by atoms with Gasteiger partial charge in [-0.15, -0.1) is 0 Å². The molecule has 1 aromatic heterocycles. The number of aromatic nitrogens is 3. The van der Waals surface area contributed by atoms with Crippen LogP contribution in [0.3, 0.4) is 0 Å². The normalized spacial score (nSPS) is 24.8. The molecule has 20 heavy (non-hydrogen) atoms. The van der Waals surface area contributed by atoms with E-state index in [1.807, 2.05) is 4.90 Å². The van der Waals surface area contributed by atoms with Crippen LogP contribution in [0.2, 0.25) is 0 Å². The summed E-state index contributed by atoms with van der Waals surface area (Å²) in [4.78, 5) is 20.4. The summed E-state index contributed by atoms with van der Waals surface area (Å²) in [5.74, 6) is 0.277. The van der Waals surface area contributed by atoms with Crippen LogP contribution < -0.4 is 0 Å². The van der Waals surface area contributed by atoms with E-state index in [1.54, 1.807) is 0 Å². The molecule has 7 nitrogen and oxygen atoms in total. The smallest absolute Gasteiger partial charge is 0.291 e. The summed E-state index contributed by atoms with van der Waals surface area (Å²) in [5, 5.41) is 6.37. The monoisotopic (exact) mass is 279 g/mol. The fourth-order valence-electron chi connectivity index (χ4n) is 2.89. The van der Waals surface area contributed by atoms with Crippen LogP contribution in [-0.4, -0.2) is 76.3 Å². The van der Waals surface area contributed by atoms with Crippen LogP contribution in [0.25, 0.3) is 0 Å². The van der Waals surface area contributed by atoms with Crippen molar-refractivity contribution >= 4 is 5.91 Å². The number of rotatable bonds is 3. The zero-order valence-electron chi connectivity index (χ0n) is 11.6. The third-order valence-corrected chi connectivity index (χ3v) is 3.98. The Bertz CT molecular complexity index is 430. The number of nitrogens with zero attached hydrogens (tertiary/aromatic N) is 4. The summed E-state index contributed by atoms with van der Waals surface area (Å²) in [6.07, 6.45) is 5.08. The van der Waals surface area contributed by atoms with Gasteiger partial charge in [-0.1, -0.05) is 0 Å². The van der Waals surface area contributed by atoms with E-state index in [2.05, 4.69) is 20.1 Å². The average Bonchev–Trinajstić information content (AvgIpc) is 3.10. The number of hydrogen-bond donors (Lipinski definition) is 1. The lowest BCUT2D eigenvalue weighted by molar-refractivity contribution is 0.0698. The number of aromatic amines is 1. The second-order valence-electron chi connectivity index (χ2n) is 5.42. The van der Waals surface area contributed by atoms with Gasteiger partial charge in [0.05, 0.1) is 6.10 Å². The van der Waals surface area contributed by atoms with Crippen molar-refractivity contribution in [3.63, 3.8) is 0 Å². The van der Waals surface area contributed by atoms with Gasteiger partial charge in [0.25, 0.3) is 5.91 Å². The number of nitrogens with one attached hydrogen (secondary N) is 1. The lowest BCUT2D eigenvalue weighted by Gasteiger charge is -2.23. The molecule has 1 amide bonds. The van der Waals surface area contributed by atoms with Gasteiger partial charge in [-0.2, -0.15) is 5.10 Å². The Kier molecular flexibility index (Phi) is 4.27. The quantitative estimate of drug-likeness (QED) is 0.851. The second kappa shape index (κ2) is 6.32. The molecule has 0 bridgehead atoms. The molecule has 0 radical (unpaired) electrons. The van der Waals surface area contributed by atoms with Crippen molar-refractivity contribution in [3.05, 3.63) is 12.2 Å². The van der Waals surface area contributed by atoms with Crippen molar-refractivity contribution in [2.75, 3.05) is 39.3 Å². The number of carbonyl (C=O) groups is 1. The van der Waals surface area contributed by atoms with Crippen molar-refractivity contribution in [2.45, 2.75) is 25.4 Å². The molecular formula is C13H21N5O2. The van der Waals surface area contributed by atoms with Crippen molar-refractivity contribution in [1.29, 1.82) is 0 Å². The van der Waals surface area contributed by atoms with Crippen LogP contribution in [0.5, 0.6) is 0 Å². The fraction of sp³-hybridized carbons (Fsp3) is 0.769. The molecule has 2 fully saturated rings. The van der Waals surface area contributed by atoms with E-state index in [0.717, 1.165) is 52.2 Å². The number of carbonyl (C=O) groups excluding carboxylic acids is 1. The number of H-pyrrole nitrogens is 1. The van der Waals surface area contributed by atoms with Crippen molar-refractivity contribution < 1.29 is 9.53 Å². The molecule has 0 spiro atoms. The van der Waals surface area contributed by atoms with Gasteiger partial charge in [-0.3, -0.25) is 14.8 Å². The average molecular weight is 279 g/mol. The third kappa shape index (κ3) is 3.16. The molecule has 110 valence electrons. The lowest BCUT2D eigenvalue weighted by atomic mass is 10.2. The Hall–Kier alpha value is -1.47. The Morgan fingerprint density at radius 1 is 1.35 bits per heavy atom. The molecule has 2 aliphatic heterocycles. The predicted octanol–water partition coefficient (Wildman–Crippen LogP) is 0.132. The molecule has 1 unspecified atom stereocenters. The van der Waals surface area contributed by atoms with E-state index in [0.29, 0.717) is 11.9 Å². The topological polar surface area (TPSA) is 74.4 Å².